The van der Waals surface area contributed by atoms with E-state index < -0.39 is 0 Å². The molecule has 0 spiro atoms. The zero-order chi connectivity index (χ0) is 20.9. The van der Waals surface area contributed by atoms with Crippen molar-refractivity contribution in [3.8, 4) is 5.69 Å². The fourth-order valence-corrected chi connectivity index (χ4v) is 3.70. The van der Waals surface area contributed by atoms with Crippen LogP contribution in [0.3, 0.4) is 0 Å². The molecule has 1 aliphatic rings. The van der Waals surface area contributed by atoms with Crippen LogP contribution in [-0.4, -0.2) is 58.4 Å². The smallest absolute Gasteiger partial charge is 0.251 e. The van der Waals surface area contributed by atoms with Crippen molar-refractivity contribution in [3.63, 3.8) is 0 Å². The van der Waals surface area contributed by atoms with Crippen LogP contribution < -0.4 is 5.32 Å². The lowest BCUT2D eigenvalue weighted by atomic mass is 10.0. The minimum absolute atomic E-state index is 0.0480. The minimum Gasteiger partial charge on any atom is -0.379 e. The monoisotopic (exact) mass is 409 g/mol. The number of hydrogen-bond acceptors (Lipinski definition) is 5. The molecular weight excluding hydrogens is 385 g/mol. The number of hydrogen-bond donors (Lipinski definition) is 1. The number of halogens is 1. The SMILES string of the molecule is Cc1cc(-n2cncn2)ccc1C(=O)NC[C@H](c1ccc(F)cc1)N1CCOCC1. The molecule has 3 aromatic rings. The van der Waals surface area contributed by atoms with E-state index >= 15 is 0 Å². The standard InChI is InChI=1S/C22H24FN5O2/c1-16-12-19(28-15-24-14-26-28)6-7-20(16)22(29)25-13-21(27-8-10-30-11-9-27)17-2-4-18(23)5-3-17/h2-7,12,14-15,21H,8-11,13H2,1H3,(H,25,29)/t21-/m1/s1. The van der Waals surface area contributed by atoms with Crippen LogP contribution in [0.2, 0.25) is 0 Å². The average molecular weight is 409 g/mol. The highest BCUT2D eigenvalue weighted by atomic mass is 19.1. The van der Waals surface area contributed by atoms with Gasteiger partial charge in [-0.2, -0.15) is 5.10 Å². The molecule has 8 heteroatoms. The van der Waals surface area contributed by atoms with Crippen molar-refractivity contribution in [1.29, 1.82) is 0 Å². The van der Waals surface area contributed by atoms with Gasteiger partial charge in [0.15, 0.2) is 0 Å². The fraction of sp³-hybridized carbons (Fsp3) is 0.318. The predicted octanol–water partition coefficient (Wildman–Crippen LogP) is 2.52. The van der Waals surface area contributed by atoms with Crippen molar-refractivity contribution in [1.82, 2.24) is 25.0 Å². The maximum Gasteiger partial charge on any atom is 0.251 e. The predicted molar refractivity (Wildman–Crippen MR) is 110 cm³/mol. The van der Waals surface area contributed by atoms with Crippen LogP contribution in [0.25, 0.3) is 5.69 Å². The number of carbonyl (C=O) groups excluding carboxylic acids is 1. The van der Waals surface area contributed by atoms with Gasteiger partial charge in [-0.05, 0) is 48.4 Å². The molecule has 0 unspecified atom stereocenters. The Kier molecular flexibility index (Phi) is 6.15. The summed E-state index contributed by atoms with van der Waals surface area (Å²) in [5.74, 6) is -0.412. The van der Waals surface area contributed by atoms with E-state index in [1.54, 1.807) is 29.2 Å². The molecule has 1 fully saturated rings. The van der Waals surface area contributed by atoms with Crippen molar-refractivity contribution in [3.05, 3.63) is 77.6 Å². The van der Waals surface area contributed by atoms with E-state index in [1.165, 1.54) is 18.5 Å². The van der Waals surface area contributed by atoms with E-state index in [1.807, 2.05) is 19.1 Å². The molecule has 1 saturated heterocycles. The Balaban J connectivity index is 1.48. The largest absolute Gasteiger partial charge is 0.379 e. The quantitative estimate of drug-likeness (QED) is 0.677. The molecule has 0 bridgehead atoms. The molecule has 2 aromatic carbocycles. The van der Waals surface area contributed by atoms with E-state index in [0.29, 0.717) is 25.3 Å². The van der Waals surface area contributed by atoms with Gasteiger partial charge in [-0.15, -0.1) is 0 Å². The molecule has 0 aliphatic carbocycles. The lowest BCUT2D eigenvalue weighted by molar-refractivity contribution is 0.0162. The first-order chi connectivity index (χ1) is 14.6. The second-order valence-electron chi connectivity index (χ2n) is 7.26. The number of rotatable bonds is 6. The highest BCUT2D eigenvalue weighted by molar-refractivity contribution is 5.95. The van der Waals surface area contributed by atoms with Gasteiger partial charge in [-0.1, -0.05) is 12.1 Å². The zero-order valence-corrected chi connectivity index (χ0v) is 16.8. The fourth-order valence-electron chi connectivity index (χ4n) is 3.70. The number of nitrogens with zero attached hydrogens (tertiary/aromatic N) is 4. The Morgan fingerprint density at radius 3 is 2.63 bits per heavy atom. The van der Waals surface area contributed by atoms with Crippen LogP contribution in [0.4, 0.5) is 4.39 Å². The van der Waals surface area contributed by atoms with E-state index in [2.05, 4.69) is 20.3 Å². The molecule has 156 valence electrons. The molecule has 2 heterocycles. The summed E-state index contributed by atoms with van der Waals surface area (Å²) in [4.78, 5) is 19.1. The van der Waals surface area contributed by atoms with E-state index in [9.17, 15) is 9.18 Å². The van der Waals surface area contributed by atoms with Crippen molar-refractivity contribution >= 4 is 5.91 Å². The second-order valence-corrected chi connectivity index (χ2v) is 7.26. The molecule has 1 aromatic heterocycles. The number of benzene rings is 2. The van der Waals surface area contributed by atoms with Crippen LogP contribution in [0.15, 0.2) is 55.1 Å². The number of amides is 1. The number of nitrogens with one attached hydrogen (secondary N) is 1. The van der Waals surface area contributed by atoms with Gasteiger partial charge in [0.25, 0.3) is 5.91 Å². The molecule has 1 aliphatic heterocycles. The summed E-state index contributed by atoms with van der Waals surface area (Å²) in [6.07, 6.45) is 3.08. The normalized spacial score (nSPS) is 15.7. The Labute approximate surface area is 174 Å². The molecule has 30 heavy (non-hydrogen) atoms. The first kappa shape index (κ1) is 20.2. The van der Waals surface area contributed by atoms with Crippen LogP contribution in [0.1, 0.15) is 27.5 Å². The first-order valence-electron chi connectivity index (χ1n) is 9.93. The van der Waals surface area contributed by atoms with E-state index in [-0.39, 0.29) is 17.8 Å². The Morgan fingerprint density at radius 2 is 1.97 bits per heavy atom. The summed E-state index contributed by atoms with van der Waals surface area (Å²) in [6, 6.07) is 12.0. The van der Waals surface area contributed by atoms with Gasteiger partial charge in [0.2, 0.25) is 0 Å². The minimum atomic E-state index is -0.272. The highest BCUT2D eigenvalue weighted by Crippen LogP contribution is 2.22. The Hall–Kier alpha value is -3.10. The highest BCUT2D eigenvalue weighted by Gasteiger charge is 2.23. The average Bonchev–Trinajstić information content (AvgIpc) is 3.30. The summed E-state index contributed by atoms with van der Waals surface area (Å²) in [5.41, 5.74) is 3.28. The maximum absolute atomic E-state index is 13.4. The molecule has 7 nitrogen and oxygen atoms in total. The van der Waals surface area contributed by atoms with Gasteiger partial charge >= 0.3 is 0 Å². The van der Waals surface area contributed by atoms with Crippen LogP contribution in [0, 0.1) is 12.7 Å². The number of ether oxygens (including phenoxy) is 1. The van der Waals surface area contributed by atoms with Crippen LogP contribution in [0.5, 0.6) is 0 Å². The molecule has 4 rings (SSSR count). The van der Waals surface area contributed by atoms with Gasteiger partial charge in [0.05, 0.1) is 24.9 Å². The lowest BCUT2D eigenvalue weighted by Gasteiger charge is -2.35. The number of aromatic nitrogens is 3. The third-order valence-corrected chi connectivity index (χ3v) is 5.34. The Morgan fingerprint density at radius 1 is 1.20 bits per heavy atom. The van der Waals surface area contributed by atoms with Crippen molar-refractivity contribution in [2.45, 2.75) is 13.0 Å². The van der Waals surface area contributed by atoms with Crippen molar-refractivity contribution in [2.75, 3.05) is 32.8 Å². The topological polar surface area (TPSA) is 72.3 Å². The van der Waals surface area contributed by atoms with Gasteiger partial charge in [0, 0.05) is 25.2 Å². The summed E-state index contributed by atoms with van der Waals surface area (Å²) in [6.45, 7) is 5.15. The van der Waals surface area contributed by atoms with Crippen molar-refractivity contribution in [2.24, 2.45) is 0 Å². The number of morpholine rings is 1. The molecule has 0 radical (unpaired) electrons. The van der Waals surface area contributed by atoms with Gasteiger partial charge in [-0.3, -0.25) is 9.69 Å². The van der Waals surface area contributed by atoms with Crippen molar-refractivity contribution < 1.29 is 13.9 Å². The third-order valence-electron chi connectivity index (χ3n) is 5.34. The summed E-state index contributed by atoms with van der Waals surface area (Å²) in [7, 11) is 0. The summed E-state index contributed by atoms with van der Waals surface area (Å²) < 4.78 is 20.5. The second kappa shape index (κ2) is 9.15. The molecular formula is C22H24FN5O2. The number of carbonyl (C=O) groups is 1. The number of aryl methyl sites for hydroxylation is 1. The lowest BCUT2D eigenvalue weighted by Crippen LogP contribution is -2.43. The Bertz CT molecular complexity index is 985. The molecule has 0 saturated carbocycles. The van der Waals surface area contributed by atoms with E-state index in [0.717, 1.165) is 29.9 Å². The van der Waals surface area contributed by atoms with Crippen LogP contribution >= 0.6 is 0 Å². The zero-order valence-electron chi connectivity index (χ0n) is 16.8. The van der Waals surface area contributed by atoms with Gasteiger partial charge in [-0.25, -0.2) is 14.1 Å². The maximum atomic E-state index is 13.4. The first-order valence-corrected chi connectivity index (χ1v) is 9.93. The summed E-state index contributed by atoms with van der Waals surface area (Å²) >= 11 is 0. The molecule has 1 atom stereocenters. The summed E-state index contributed by atoms with van der Waals surface area (Å²) in [5, 5.41) is 7.17. The van der Waals surface area contributed by atoms with E-state index in [4.69, 9.17) is 4.74 Å². The van der Waals surface area contributed by atoms with Gasteiger partial charge in [0.1, 0.15) is 18.5 Å². The molecule has 1 N–H and O–H groups in total. The molecule has 1 amide bonds. The van der Waals surface area contributed by atoms with Gasteiger partial charge < -0.3 is 10.1 Å². The third kappa shape index (κ3) is 4.55. The van der Waals surface area contributed by atoms with Crippen LogP contribution in [-0.2, 0) is 4.74 Å².